The number of carbonyl (C=O) groups excluding carboxylic acids is 1. The van der Waals surface area contributed by atoms with Gasteiger partial charge in [0.2, 0.25) is 5.91 Å². The topological polar surface area (TPSA) is 49.6 Å². The molecule has 1 atom stereocenters. The minimum absolute atomic E-state index is 0. The quantitative estimate of drug-likeness (QED) is 0.863. The Morgan fingerprint density at radius 3 is 2.15 bits per heavy atom. The highest BCUT2D eigenvalue weighted by atomic mass is 35.5. The maximum Gasteiger partial charge on any atom is 0.244 e. The zero-order valence-electron chi connectivity index (χ0n) is 14.8. The van der Waals surface area contributed by atoms with Crippen LogP contribution in [-0.2, 0) is 11.3 Å². The van der Waals surface area contributed by atoms with Crippen molar-refractivity contribution in [1.82, 2.24) is 9.80 Å². The van der Waals surface area contributed by atoms with Gasteiger partial charge in [0, 0.05) is 32.7 Å². The predicted molar refractivity (Wildman–Crippen MR) is 111 cm³/mol. The van der Waals surface area contributed by atoms with E-state index in [2.05, 4.69) is 29.2 Å². The molecular weight excluding hydrogens is 369 g/mol. The van der Waals surface area contributed by atoms with E-state index in [9.17, 15) is 4.79 Å². The van der Waals surface area contributed by atoms with Gasteiger partial charge in [-0.25, -0.2) is 0 Å². The van der Waals surface area contributed by atoms with Crippen molar-refractivity contribution in [2.24, 2.45) is 5.73 Å². The number of rotatable bonds is 4. The monoisotopic (exact) mass is 395 g/mol. The summed E-state index contributed by atoms with van der Waals surface area (Å²) in [5.41, 5.74) is 8.37. The Morgan fingerprint density at radius 2 is 1.50 bits per heavy atom. The van der Waals surface area contributed by atoms with E-state index in [1.807, 2.05) is 41.3 Å². The van der Waals surface area contributed by atoms with Gasteiger partial charge in [-0.2, -0.15) is 0 Å². The first kappa shape index (κ1) is 22.5. The Labute approximate surface area is 168 Å². The van der Waals surface area contributed by atoms with Crippen LogP contribution in [0.5, 0.6) is 0 Å². The molecule has 1 unspecified atom stereocenters. The van der Waals surface area contributed by atoms with Crippen molar-refractivity contribution in [3.63, 3.8) is 0 Å². The van der Waals surface area contributed by atoms with Crippen LogP contribution in [0.4, 0.5) is 0 Å². The van der Waals surface area contributed by atoms with Gasteiger partial charge in [-0.05, 0) is 17.5 Å². The van der Waals surface area contributed by atoms with Gasteiger partial charge in [0.1, 0.15) is 6.04 Å². The fraction of sp³-hybridized carbons (Fsp3) is 0.350. The number of hydrogen-bond acceptors (Lipinski definition) is 3. The van der Waals surface area contributed by atoms with Crippen molar-refractivity contribution in [3.05, 3.63) is 71.8 Å². The van der Waals surface area contributed by atoms with Crippen molar-refractivity contribution in [3.8, 4) is 0 Å². The first-order valence-electron chi connectivity index (χ1n) is 8.59. The summed E-state index contributed by atoms with van der Waals surface area (Å²) >= 11 is 0. The molecule has 6 heteroatoms. The number of nitrogens with zero attached hydrogens (tertiary/aromatic N) is 2. The number of carbonyl (C=O) groups is 1. The van der Waals surface area contributed by atoms with Crippen molar-refractivity contribution in [2.45, 2.75) is 19.0 Å². The highest BCUT2D eigenvalue weighted by molar-refractivity contribution is 5.85. The zero-order chi connectivity index (χ0) is 16.8. The minimum Gasteiger partial charge on any atom is -0.340 e. The molecule has 0 saturated carbocycles. The van der Waals surface area contributed by atoms with Gasteiger partial charge in [-0.1, -0.05) is 60.7 Å². The van der Waals surface area contributed by atoms with E-state index in [-0.39, 0.29) is 30.7 Å². The molecule has 1 aliphatic heterocycles. The average Bonchev–Trinajstić information content (AvgIpc) is 2.88. The Hall–Kier alpha value is -1.59. The first-order valence-corrected chi connectivity index (χ1v) is 8.59. The third kappa shape index (κ3) is 5.99. The van der Waals surface area contributed by atoms with Gasteiger partial charge < -0.3 is 10.6 Å². The van der Waals surface area contributed by atoms with Gasteiger partial charge in [-0.15, -0.1) is 24.8 Å². The maximum atomic E-state index is 12.7. The molecular formula is C20H27Cl2N3O. The van der Waals surface area contributed by atoms with Crippen LogP contribution in [0.15, 0.2) is 60.7 Å². The summed E-state index contributed by atoms with van der Waals surface area (Å²) in [5.74, 6) is 0.0303. The smallest absolute Gasteiger partial charge is 0.244 e. The lowest BCUT2D eigenvalue weighted by molar-refractivity contribution is -0.132. The summed E-state index contributed by atoms with van der Waals surface area (Å²) < 4.78 is 0. The molecule has 2 aromatic rings. The predicted octanol–water partition coefficient (Wildman–Crippen LogP) is 3.26. The van der Waals surface area contributed by atoms with Crippen LogP contribution in [0.2, 0.25) is 0 Å². The van der Waals surface area contributed by atoms with E-state index in [1.54, 1.807) is 0 Å². The Kier molecular flexibility index (Phi) is 9.66. The number of halogens is 2. The molecule has 0 bridgehead atoms. The normalized spacial score (nSPS) is 16.0. The van der Waals surface area contributed by atoms with E-state index in [1.165, 1.54) is 5.56 Å². The average molecular weight is 396 g/mol. The molecule has 4 nitrogen and oxygen atoms in total. The summed E-state index contributed by atoms with van der Waals surface area (Å²) in [5, 5.41) is 0. The second kappa shape index (κ2) is 11.2. The molecule has 1 heterocycles. The number of amides is 1. The van der Waals surface area contributed by atoms with Crippen LogP contribution in [0.3, 0.4) is 0 Å². The third-order valence-electron chi connectivity index (χ3n) is 4.57. The largest absolute Gasteiger partial charge is 0.340 e. The van der Waals surface area contributed by atoms with Crippen LogP contribution in [0.1, 0.15) is 23.6 Å². The molecule has 1 amide bonds. The fourth-order valence-electron chi connectivity index (χ4n) is 3.19. The molecule has 1 aliphatic rings. The van der Waals surface area contributed by atoms with E-state index in [0.29, 0.717) is 0 Å². The Bertz CT molecular complexity index is 655. The Morgan fingerprint density at radius 1 is 0.885 bits per heavy atom. The van der Waals surface area contributed by atoms with E-state index in [0.717, 1.165) is 44.7 Å². The lowest BCUT2D eigenvalue weighted by Crippen LogP contribution is -2.40. The summed E-state index contributed by atoms with van der Waals surface area (Å²) in [6, 6.07) is 19.5. The molecule has 2 N–H and O–H groups in total. The van der Waals surface area contributed by atoms with E-state index < -0.39 is 6.04 Å². The molecule has 0 radical (unpaired) electrons. The zero-order valence-corrected chi connectivity index (χ0v) is 16.4. The van der Waals surface area contributed by atoms with Gasteiger partial charge in [0.15, 0.2) is 0 Å². The Balaban J connectivity index is 0.00000169. The fourth-order valence-corrected chi connectivity index (χ4v) is 3.19. The number of hydrogen-bond donors (Lipinski definition) is 1. The van der Waals surface area contributed by atoms with Gasteiger partial charge in [-0.3, -0.25) is 9.69 Å². The lowest BCUT2D eigenvalue weighted by atomic mass is 10.1. The van der Waals surface area contributed by atoms with E-state index in [4.69, 9.17) is 5.73 Å². The minimum atomic E-state index is -0.563. The summed E-state index contributed by atoms with van der Waals surface area (Å²) in [6.07, 6.45) is 0.986. The highest BCUT2D eigenvalue weighted by Crippen LogP contribution is 2.15. The van der Waals surface area contributed by atoms with Crippen LogP contribution < -0.4 is 5.73 Å². The van der Waals surface area contributed by atoms with Gasteiger partial charge >= 0.3 is 0 Å². The van der Waals surface area contributed by atoms with Gasteiger partial charge in [0.05, 0.1) is 0 Å². The standard InChI is InChI=1S/C20H25N3O.2ClH/c21-19(18-10-5-2-6-11-18)20(24)23-13-7-12-22(14-15-23)16-17-8-3-1-4-9-17;;/h1-6,8-11,19H,7,12-16,21H2;2*1H. The summed E-state index contributed by atoms with van der Waals surface area (Å²) in [7, 11) is 0. The first-order chi connectivity index (χ1) is 11.7. The second-order valence-corrected chi connectivity index (χ2v) is 6.33. The van der Waals surface area contributed by atoms with E-state index >= 15 is 0 Å². The van der Waals surface area contributed by atoms with Crippen LogP contribution in [0.25, 0.3) is 0 Å². The van der Waals surface area contributed by atoms with Crippen LogP contribution in [0, 0.1) is 0 Å². The highest BCUT2D eigenvalue weighted by Gasteiger charge is 2.24. The SMILES string of the molecule is Cl.Cl.NC(C(=O)N1CCCN(Cc2ccccc2)CC1)c1ccccc1. The molecule has 3 rings (SSSR count). The molecule has 1 fully saturated rings. The molecule has 26 heavy (non-hydrogen) atoms. The van der Waals surface area contributed by atoms with Crippen LogP contribution >= 0.6 is 24.8 Å². The molecule has 142 valence electrons. The number of nitrogens with two attached hydrogens (primary N) is 1. The second-order valence-electron chi connectivity index (χ2n) is 6.33. The molecule has 1 saturated heterocycles. The number of benzene rings is 2. The van der Waals surface area contributed by atoms with Gasteiger partial charge in [0.25, 0.3) is 0 Å². The van der Waals surface area contributed by atoms with Crippen molar-refractivity contribution < 1.29 is 4.79 Å². The molecule has 2 aromatic carbocycles. The van der Waals surface area contributed by atoms with Crippen molar-refractivity contribution in [1.29, 1.82) is 0 Å². The summed E-state index contributed by atoms with van der Waals surface area (Å²) in [6.45, 7) is 4.37. The van der Waals surface area contributed by atoms with Crippen LogP contribution in [-0.4, -0.2) is 41.9 Å². The lowest BCUT2D eigenvalue weighted by Gasteiger charge is -2.25. The molecule has 0 spiro atoms. The third-order valence-corrected chi connectivity index (χ3v) is 4.57. The molecule has 0 aliphatic carbocycles. The van der Waals surface area contributed by atoms with Crippen molar-refractivity contribution >= 4 is 30.7 Å². The molecule has 0 aromatic heterocycles. The van der Waals surface area contributed by atoms with Crippen molar-refractivity contribution in [2.75, 3.05) is 26.2 Å². The maximum absolute atomic E-state index is 12.7. The summed E-state index contributed by atoms with van der Waals surface area (Å²) in [4.78, 5) is 17.0.